The summed E-state index contributed by atoms with van der Waals surface area (Å²) in [5.74, 6) is -0.306. The summed E-state index contributed by atoms with van der Waals surface area (Å²) in [5.41, 5.74) is 5.24. The molecule has 1 unspecified atom stereocenters. The third-order valence-electron chi connectivity index (χ3n) is 6.95. The van der Waals surface area contributed by atoms with Crippen molar-refractivity contribution >= 4 is 23.2 Å². The first-order chi connectivity index (χ1) is 17.6. The van der Waals surface area contributed by atoms with Gasteiger partial charge in [-0.3, -0.25) is 14.5 Å². The van der Waals surface area contributed by atoms with Gasteiger partial charge in [0.15, 0.2) is 0 Å². The maximum absolute atomic E-state index is 13.5. The van der Waals surface area contributed by atoms with Gasteiger partial charge in [0.25, 0.3) is 0 Å². The molecule has 37 heavy (non-hydrogen) atoms. The van der Waals surface area contributed by atoms with Crippen molar-refractivity contribution in [2.45, 2.75) is 64.6 Å². The van der Waals surface area contributed by atoms with Crippen LogP contribution in [0.4, 0.5) is 0 Å². The van der Waals surface area contributed by atoms with Crippen LogP contribution in [0.1, 0.15) is 61.4 Å². The van der Waals surface area contributed by atoms with Gasteiger partial charge in [0.05, 0.1) is 46.4 Å². The van der Waals surface area contributed by atoms with Gasteiger partial charge in [-0.2, -0.15) is 0 Å². The fourth-order valence-electron chi connectivity index (χ4n) is 4.93. The average molecular weight is 527 g/mol. The zero-order valence-electron chi connectivity index (χ0n) is 21.5. The van der Waals surface area contributed by atoms with Crippen LogP contribution in [0.15, 0.2) is 40.4 Å². The molecular formula is C27H34N4O5S. The molecule has 0 radical (unpaired) electrons. The van der Waals surface area contributed by atoms with Gasteiger partial charge in [-0.05, 0) is 37.3 Å². The number of aliphatic hydroxyl groups excluding tert-OH is 1. The van der Waals surface area contributed by atoms with E-state index in [0.29, 0.717) is 18.7 Å². The van der Waals surface area contributed by atoms with E-state index in [9.17, 15) is 19.8 Å². The largest absolute Gasteiger partial charge is 0.481 e. The Morgan fingerprint density at radius 3 is 2.54 bits per heavy atom. The van der Waals surface area contributed by atoms with Crippen molar-refractivity contribution in [3.8, 4) is 10.4 Å². The normalized spacial score (nSPS) is 19.7. The molecule has 2 aromatic heterocycles. The molecule has 1 aliphatic rings. The second-order valence-electron chi connectivity index (χ2n) is 10.1. The Kier molecular flexibility index (Phi) is 8.41. The van der Waals surface area contributed by atoms with Crippen molar-refractivity contribution in [3.05, 3.63) is 58.6 Å². The Bertz CT molecular complexity index is 1220. The molecule has 0 spiro atoms. The Hall–Kier alpha value is -3.08. The molecule has 0 aliphatic carbocycles. The number of carboxylic acid groups (broad SMARTS) is 1. The number of carboxylic acids is 1. The highest BCUT2D eigenvalue weighted by Gasteiger charge is 2.39. The monoisotopic (exact) mass is 526 g/mol. The van der Waals surface area contributed by atoms with Crippen LogP contribution in [0.5, 0.6) is 0 Å². The van der Waals surface area contributed by atoms with Crippen LogP contribution in [0.25, 0.3) is 10.4 Å². The fraction of sp³-hybridized carbons (Fsp3) is 0.481. The molecule has 1 aliphatic heterocycles. The summed E-state index contributed by atoms with van der Waals surface area (Å²) in [7, 11) is 0. The predicted molar refractivity (Wildman–Crippen MR) is 140 cm³/mol. The summed E-state index contributed by atoms with van der Waals surface area (Å²) in [6.45, 7) is 8.87. The number of benzene rings is 1. The maximum Gasteiger partial charge on any atom is 0.305 e. The first kappa shape index (κ1) is 27.0. The molecule has 4 rings (SSSR count). The number of carbonyl (C=O) groups excluding carboxylic acids is 1. The van der Waals surface area contributed by atoms with Gasteiger partial charge in [0.1, 0.15) is 5.76 Å². The number of likely N-dealkylation sites (tertiary alicyclic amines) is 1. The van der Waals surface area contributed by atoms with Crippen molar-refractivity contribution in [1.29, 1.82) is 0 Å². The Balaban J connectivity index is 1.51. The highest BCUT2D eigenvalue weighted by atomic mass is 32.1. The first-order valence-corrected chi connectivity index (χ1v) is 13.4. The number of β-amino-alcohol motifs (C(OH)–C–C–N with tert-alkyl or cyclic N) is 1. The van der Waals surface area contributed by atoms with Gasteiger partial charge in [-0.1, -0.05) is 43.3 Å². The second-order valence-corrected chi connectivity index (χ2v) is 11.0. The molecule has 0 saturated carbocycles. The lowest BCUT2D eigenvalue weighted by Crippen LogP contribution is -2.46. The van der Waals surface area contributed by atoms with Gasteiger partial charge in [0, 0.05) is 25.1 Å². The van der Waals surface area contributed by atoms with E-state index in [1.807, 2.05) is 49.1 Å². The lowest BCUT2D eigenvalue weighted by molar-refractivity contribution is -0.138. The van der Waals surface area contributed by atoms with Crippen LogP contribution in [0.2, 0.25) is 0 Å². The number of carbonyl (C=O) groups is 2. The Morgan fingerprint density at radius 2 is 1.97 bits per heavy atom. The standard InChI is InChI=1S/C27H34N4O5S/c1-15(2)21(24-9-16(3)30-36-24)13-31-12-20(32)10-23(31)27(35)29-22(11-25(33)34)18-5-7-19(8-6-18)26-17(4)28-14-37-26/h5-9,14-15,20-23,32H,10-13H2,1-4H3,(H,29,35)(H,33,34)/t20-,21?,22+,23+/m1/s1. The van der Waals surface area contributed by atoms with E-state index in [4.69, 9.17) is 4.52 Å². The van der Waals surface area contributed by atoms with Crippen molar-refractivity contribution in [2.24, 2.45) is 5.92 Å². The maximum atomic E-state index is 13.5. The quantitative estimate of drug-likeness (QED) is 0.363. The molecule has 10 heteroatoms. The Labute approximate surface area is 220 Å². The summed E-state index contributed by atoms with van der Waals surface area (Å²) < 4.78 is 5.52. The number of aromatic nitrogens is 2. The van der Waals surface area contributed by atoms with Gasteiger partial charge in [-0.15, -0.1) is 11.3 Å². The van der Waals surface area contributed by atoms with Crippen LogP contribution >= 0.6 is 11.3 Å². The summed E-state index contributed by atoms with van der Waals surface area (Å²) in [5, 5.41) is 26.9. The van der Waals surface area contributed by atoms with E-state index in [1.54, 1.807) is 16.8 Å². The average Bonchev–Trinajstić information content (AvgIpc) is 3.56. The van der Waals surface area contributed by atoms with E-state index < -0.39 is 24.2 Å². The smallest absolute Gasteiger partial charge is 0.305 e. The topological polar surface area (TPSA) is 129 Å². The number of nitrogens with zero attached hydrogens (tertiary/aromatic N) is 3. The summed E-state index contributed by atoms with van der Waals surface area (Å²) >= 11 is 1.55. The lowest BCUT2D eigenvalue weighted by atomic mass is 9.92. The molecule has 1 aromatic carbocycles. The van der Waals surface area contributed by atoms with Gasteiger partial charge >= 0.3 is 5.97 Å². The summed E-state index contributed by atoms with van der Waals surface area (Å²) in [6.07, 6.45) is -0.596. The minimum Gasteiger partial charge on any atom is -0.481 e. The molecular weight excluding hydrogens is 492 g/mol. The molecule has 1 amide bonds. The molecule has 3 N–H and O–H groups in total. The van der Waals surface area contributed by atoms with Crippen LogP contribution < -0.4 is 5.32 Å². The third-order valence-corrected chi connectivity index (χ3v) is 7.93. The lowest BCUT2D eigenvalue weighted by Gasteiger charge is -2.30. The van der Waals surface area contributed by atoms with E-state index >= 15 is 0 Å². The molecule has 0 bridgehead atoms. The first-order valence-electron chi connectivity index (χ1n) is 12.5. The second kappa shape index (κ2) is 11.5. The minimum absolute atomic E-state index is 0.000594. The van der Waals surface area contributed by atoms with Gasteiger partial charge in [-0.25, -0.2) is 4.98 Å². The molecule has 3 aromatic rings. The van der Waals surface area contributed by atoms with Crippen LogP contribution in [-0.2, 0) is 9.59 Å². The van der Waals surface area contributed by atoms with Crippen molar-refractivity contribution in [2.75, 3.05) is 13.1 Å². The summed E-state index contributed by atoms with van der Waals surface area (Å²) in [6, 6.07) is 8.20. The molecule has 3 heterocycles. The van der Waals surface area contributed by atoms with Crippen molar-refractivity contribution in [1.82, 2.24) is 20.4 Å². The fourth-order valence-corrected chi connectivity index (χ4v) is 5.75. The third kappa shape index (κ3) is 6.44. The highest BCUT2D eigenvalue weighted by Crippen LogP contribution is 2.31. The number of nitrogens with one attached hydrogen (secondary N) is 1. The number of thiazole rings is 1. The zero-order chi connectivity index (χ0) is 26.7. The predicted octanol–water partition coefficient (Wildman–Crippen LogP) is 3.92. The van der Waals surface area contributed by atoms with Gasteiger partial charge < -0.3 is 20.1 Å². The van der Waals surface area contributed by atoms with Crippen LogP contribution in [-0.4, -0.2) is 62.4 Å². The van der Waals surface area contributed by atoms with E-state index in [0.717, 1.165) is 27.6 Å². The summed E-state index contributed by atoms with van der Waals surface area (Å²) in [4.78, 5) is 32.4. The molecule has 1 saturated heterocycles. The van der Waals surface area contributed by atoms with Crippen molar-refractivity contribution in [3.63, 3.8) is 0 Å². The van der Waals surface area contributed by atoms with E-state index in [-0.39, 0.29) is 30.6 Å². The molecule has 4 atom stereocenters. The number of aliphatic carboxylic acids is 1. The van der Waals surface area contributed by atoms with Crippen molar-refractivity contribution < 1.29 is 24.3 Å². The molecule has 198 valence electrons. The van der Waals surface area contributed by atoms with E-state index in [2.05, 4.69) is 29.3 Å². The molecule has 1 fully saturated rings. The number of aliphatic hydroxyl groups is 1. The number of rotatable bonds is 10. The number of amides is 1. The zero-order valence-corrected chi connectivity index (χ0v) is 22.4. The highest BCUT2D eigenvalue weighted by molar-refractivity contribution is 7.13. The SMILES string of the molecule is Cc1cc(C(CN2C[C@H](O)C[C@H]2C(=O)N[C@@H](CC(=O)O)c2ccc(-c3scnc3C)cc2)C(C)C)on1. The van der Waals surface area contributed by atoms with E-state index in [1.165, 1.54) is 0 Å². The van der Waals surface area contributed by atoms with Crippen LogP contribution in [0.3, 0.4) is 0 Å². The van der Waals surface area contributed by atoms with Crippen LogP contribution in [0, 0.1) is 19.8 Å². The number of aryl methyl sites for hydroxylation is 2. The molecule has 9 nitrogen and oxygen atoms in total. The van der Waals surface area contributed by atoms with Gasteiger partial charge in [0.2, 0.25) is 5.91 Å². The number of hydrogen-bond donors (Lipinski definition) is 3. The minimum atomic E-state index is -1.00. The Morgan fingerprint density at radius 1 is 1.24 bits per heavy atom. The number of hydrogen-bond acceptors (Lipinski definition) is 8.